The number of thiazole rings is 1. The molecular weight excluding hydrogens is 370 g/mol. The minimum absolute atomic E-state index is 0.00271. The van der Waals surface area contributed by atoms with Crippen molar-refractivity contribution >= 4 is 37.3 Å². The minimum Gasteiger partial charge on any atom is -0.352 e. The zero-order chi connectivity index (χ0) is 17.9. The lowest BCUT2D eigenvalue weighted by atomic mass is 10.0. The Bertz CT molecular complexity index is 934. The third-order valence-electron chi connectivity index (χ3n) is 5.75. The Hall–Kier alpha value is -1.51. The third-order valence-corrected chi connectivity index (χ3v) is 9.01. The second kappa shape index (κ2) is 6.00. The zero-order valence-electron chi connectivity index (χ0n) is 14.3. The summed E-state index contributed by atoms with van der Waals surface area (Å²) in [5.74, 6) is 0.236. The van der Waals surface area contributed by atoms with Gasteiger partial charge in [0, 0.05) is 31.0 Å². The van der Waals surface area contributed by atoms with Gasteiger partial charge in [0.15, 0.2) is 9.84 Å². The first kappa shape index (κ1) is 16.6. The van der Waals surface area contributed by atoms with Crippen molar-refractivity contribution in [2.24, 2.45) is 11.8 Å². The Kier molecular flexibility index (Phi) is 3.84. The number of carbonyl (C=O) groups is 1. The second-order valence-corrected chi connectivity index (χ2v) is 11.1. The van der Waals surface area contributed by atoms with Crippen LogP contribution < -0.4 is 5.32 Å². The molecule has 2 aliphatic heterocycles. The van der Waals surface area contributed by atoms with Crippen LogP contribution in [0.2, 0.25) is 0 Å². The van der Waals surface area contributed by atoms with Crippen molar-refractivity contribution in [3.8, 4) is 0 Å². The van der Waals surface area contributed by atoms with E-state index in [4.69, 9.17) is 0 Å². The van der Waals surface area contributed by atoms with E-state index in [1.54, 1.807) is 11.3 Å². The lowest BCUT2D eigenvalue weighted by Crippen LogP contribution is -2.42. The van der Waals surface area contributed by atoms with Gasteiger partial charge in [-0.05, 0) is 25.0 Å². The Morgan fingerprint density at radius 3 is 2.85 bits per heavy atom. The van der Waals surface area contributed by atoms with Crippen molar-refractivity contribution in [1.82, 2.24) is 15.2 Å². The first-order chi connectivity index (χ1) is 12.5. The third kappa shape index (κ3) is 2.93. The number of para-hydroxylation sites is 1. The van der Waals surface area contributed by atoms with Crippen molar-refractivity contribution in [2.45, 2.75) is 30.7 Å². The van der Waals surface area contributed by atoms with Gasteiger partial charge in [0.2, 0.25) is 5.91 Å². The van der Waals surface area contributed by atoms with Crippen LogP contribution in [-0.4, -0.2) is 54.3 Å². The summed E-state index contributed by atoms with van der Waals surface area (Å²) >= 11 is 1.66. The number of hydrogen-bond acceptors (Lipinski definition) is 6. The van der Waals surface area contributed by atoms with E-state index in [0.29, 0.717) is 19.6 Å². The van der Waals surface area contributed by atoms with E-state index in [1.807, 2.05) is 18.2 Å². The topological polar surface area (TPSA) is 79.4 Å². The molecule has 0 radical (unpaired) electrons. The van der Waals surface area contributed by atoms with Crippen LogP contribution in [0.5, 0.6) is 0 Å². The first-order valence-corrected chi connectivity index (χ1v) is 11.6. The van der Waals surface area contributed by atoms with E-state index in [0.717, 1.165) is 28.1 Å². The number of rotatable bonds is 4. The van der Waals surface area contributed by atoms with Crippen molar-refractivity contribution in [2.75, 3.05) is 18.8 Å². The average molecular weight is 392 g/mol. The quantitative estimate of drug-likeness (QED) is 0.853. The molecule has 2 saturated heterocycles. The number of aromatic nitrogens is 1. The molecule has 0 spiro atoms. The average Bonchev–Trinajstić information content (AvgIpc) is 3.16. The van der Waals surface area contributed by atoms with Gasteiger partial charge in [-0.2, -0.15) is 0 Å². The summed E-state index contributed by atoms with van der Waals surface area (Å²) in [7, 11) is -3.15. The number of nitrogens with zero attached hydrogens (tertiary/aromatic N) is 2. The molecule has 8 heteroatoms. The van der Waals surface area contributed by atoms with Crippen molar-refractivity contribution in [1.29, 1.82) is 0 Å². The van der Waals surface area contributed by atoms with Crippen LogP contribution in [0, 0.1) is 11.8 Å². The van der Waals surface area contributed by atoms with Crippen LogP contribution in [0.3, 0.4) is 0 Å². The second-order valence-electron chi connectivity index (χ2n) is 7.69. The molecule has 6 nitrogen and oxygen atoms in total. The Morgan fingerprint density at radius 1 is 1.27 bits per heavy atom. The van der Waals surface area contributed by atoms with Gasteiger partial charge in [0.25, 0.3) is 0 Å². The highest BCUT2D eigenvalue weighted by atomic mass is 32.2. The molecule has 1 aromatic carbocycles. The molecule has 3 heterocycles. The minimum atomic E-state index is -3.15. The van der Waals surface area contributed by atoms with Gasteiger partial charge >= 0.3 is 0 Å². The van der Waals surface area contributed by atoms with Crippen molar-refractivity contribution < 1.29 is 13.2 Å². The van der Waals surface area contributed by atoms with E-state index in [-0.39, 0.29) is 34.8 Å². The van der Waals surface area contributed by atoms with Gasteiger partial charge in [-0.15, -0.1) is 11.3 Å². The molecule has 1 N–H and O–H groups in total. The number of amides is 1. The monoisotopic (exact) mass is 391 g/mol. The Balaban J connectivity index is 1.31. The highest BCUT2D eigenvalue weighted by Crippen LogP contribution is 2.36. The standard InChI is InChI=1S/C18H21N3O3S2/c22-18(11-5-6-11)20-14-10-26(23,24)16-8-21(7-12(14)16)9-17-19-13-3-1-2-4-15(13)25-17/h1-4,11-12,14,16H,5-10H2,(H,20,22)/t12-,14+,16-/m0/s1. The molecule has 3 aliphatic rings. The largest absolute Gasteiger partial charge is 0.352 e. The smallest absolute Gasteiger partial charge is 0.223 e. The van der Waals surface area contributed by atoms with Gasteiger partial charge in [0.05, 0.1) is 27.8 Å². The molecule has 0 bridgehead atoms. The van der Waals surface area contributed by atoms with Gasteiger partial charge in [-0.3, -0.25) is 9.69 Å². The van der Waals surface area contributed by atoms with Crippen LogP contribution in [0.4, 0.5) is 0 Å². The fraction of sp³-hybridized carbons (Fsp3) is 0.556. The summed E-state index contributed by atoms with van der Waals surface area (Å²) < 4.78 is 26.3. The Labute approximate surface area is 156 Å². The molecule has 1 aliphatic carbocycles. The van der Waals surface area contributed by atoms with Crippen LogP contribution in [0.15, 0.2) is 24.3 Å². The predicted molar refractivity (Wildman–Crippen MR) is 101 cm³/mol. The molecule has 3 fully saturated rings. The lowest BCUT2D eigenvalue weighted by molar-refractivity contribution is -0.123. The molecule has 5 rings (SSSR count). The maximum absolute atomic E-state index is 12.6. The number of carbonyl (C=O) groups excluding carboxylic acids is 1. The number of hydrogen-bond donors (Lipinski definition) is 1. The summed E-state index contributed by atoms with van der Waals surface area (Å²) in [4.78, 5) is 18.9. The normalized spacial score (nSPS) is 30.5. The van der Waals surface area contributed by atoms with Crippen LogP contribution >= 0.6 is 11.3 Å². The van der Waals surface area contributed by atoms with Crippen LogP contribution in [0.25, 0.3) is 10.2 Å². The van der Waals surface area contributed by atoms with Crippen molar-refractivity contribution in [3.05, 3.63) is 29.3 Å². The number of likely N-dealkylation sites (tertiary alicyclic amines) is 1. The molecule has 3 atom stereocenters. The molecule has 1 amide bonds. The summed E-state index contributed by atoms with van der Waals surface area (Å²) in [6, 6.07) is 7.81. The van der Waals surface area contributed by atoms with Gasteiger partial charge in [-0.25, -0.2) is 13.4 Å². The summed E-state index contributed by atoms with van der Waals surface area (Å²) in [5, 5.41) is 3.67. The molecule has 1 aromatic heterocycles. The fourth-order valence-corrected chi connectivity index (χ4v) is 7.58. The molecular formula is C18H21N3O3S2. The maximum atomic E-state index is 12.6. The molecule has 2 aromatic rings. The van der Waals surface area contributed by atoms with E-state index >= 15 is 0 Å². The number of fused-ring (bicyclic) bond motifs is 2. The van der Waals surface area contributed by atoms with Crippen molar-refractivity contribution in [3.63, 3.8) is 0 Å². The summed E-state index contributed by atoms with van der Waals surface area (Å²) in [6.45, 7) is 1.92. The molecule has 1 saturated carbocycles. The molecule has 26 heavy (non-hydrogen) atoms. The van der Waals surface area contributed by atoms with E-state index < -0.39 is 9.84 Å². The summed E-state index contributed by atoms with van der Waals surface area (Å²) in [6.07, 6.45) is 1.87. The van der Waals surface area contributed by atoms with Crippen LogP contribution in [-0.2, 0) is 21.2 Å². The number of sulfone groups is 1. The fourth-order valence-electron chi connectivity index (χ4n) is 4.25. The predicted octanol–water partition coefficient (Wildman–Crippen LogP) is 1.42. The molecule has 138 valence electrons. The SMILES string of the molecule is O=C(N[C@@H]1CS(=O)(=O)[C@H]2CN(Cc3nc4ccccc4s3)C[C@@H]12)C1CC1. The highest BCUT2D eigenvalue weighted by molar-refractivity contribution is 7.92. The summed E-state index contributed by atoms with van der Waals surface area (Å²) in [5.41, 5.74) is 0.995. The molecule has 0 unspecified atom stereocenters. The van der Waals surface area contributed by atoms with E-state index in [2.05, 4.69) is 21.3 Å². The van der Waals surface area contributed by atoms with Gasteiger partial charge in [0.1, 0.15) is 5.01 Å². The van der Waals surface area contributed by atoms with Crippen LogP contribution in [0.1, 0.15) is 17.8 Å². The lowest BCUT2D eigenvalue weighted by Gasteiger charge is -2.20. The number of nitrogens with one attached hydrogen (secondary N) is 1. The first-order valence-electron chi connectivity index (χ1n) is 9.08. The van der Waals surface area contributed by atoms with Gasteiger partial charge in [-0.1, -0.05) is 12.1 Å². The number of benzene rings is 1. The van der Waals surface area contributed by atoms with E-state index in [9.17, 15) is 13.2 Å². The Morgan fingerprint density at radius 2 is 2.08 bits per heavy atom. The highest BCUT2D eigenvalue weighted by Gasteiger charge is 2.52. The van der Waals surface area contributed by atoms with E-state index in [1.165, 1.54) is 0 Å². The van der Waals surface area contributed by atoms with Gasteiger partial charge < -0.3 is 5.32 Å². The maximum Gasteiger partial charge on any atom is 0.223 e. The zero-order valence-corrected chi connectivity index (χ0v) is 15.9.